The van der Waals surface area contributed by atoms with E-state index >= 15 is 0 Å². The first-order chi connectivity index (χ1) is 14.5. The van der Waals surface area contributed by atoms with E-state index in [-0.39, 0.29) is 11.7 Å². The molecule has 6 nitrogen and oxygen atoms in total. The van der Waals surface area contributed by atoms with Gasteiger partial charge in [0.05, 0.1) is 18.9 Å². The van der Waals surface area contributed by atoms with Gasteiger partial charge < -0.3 is 9.47 Å². The van der Waals surface area contributed by atoms with Gasteiger partial charge in [0.2, 0.25) is 0 Å². The molecule has 0 fully saturated rings. The first-order valence-electron chi connectivity index (χ1n) is 9.02. The van der Waals surface area contributed by atoms with Crippen LogP contribution < -0.4 is 14.9 Å². The predicted octanol–water partition coefficient (Wildman–Crippen LogP) is 4.64. The average Bonchev–Trinajstić information content (AvgIpc) is 2.76. The van der Waals surface area contributed by atoms with E-state index in [1.807, 2.05) is 19.1 Å². The van der Waals surface area contributed by atoms with Crippen LogP contribution in [0, 0.1) is 6.92 Å². The highest BCUT2D eigenvalue weighted by molar-refractivity contribution is 6.31. The molecule has 0 saturated carbocycles. The zero-order valence-electron chi connectivity index (χ0n) is 16.4. The van der Waals surface area contributed by atoms with Crippen LogP contribution in [0.3, 0.4) is 0 Å². The van der Waals surface area contributed by atoms with Crippen LogP contribution in [0.4, 0.5) is 0 Å². The molecule has 3 rings (SSSR count). The Morgan fingerprint density at radius 1 is 0.967 bits per heavy atom. The third kappa shape index (κ3) is 5.46. The highest BCUT2D eigenvalue weighted by atomic mass is 35.5. The molecule has 1 N–H and O–H groups in total. The van der Waals surface area contributed by atoms with Crippen LogP contribution >= 0.6 is 11.6 Å². The third-order valence-corrected chi connectivity index (χ3v) is 4.42. The Morgan fingerprint density at radius 3 is 2.30 bits per heavy atom. The van der Waals surface area contributed by atoms with E-state index in [2.05, 4.69) is 10.5 Å². The van der Waals surface area contributed by atoms with Gasteiger partial charge in [-0.3, -0.25) is 4.79 Å². The molecule has 0 bridgehead atoms. The van der Waals surface area contributed by atoms with Gasteiger partial charge in [0.15, 0.2) is 0 Å². The van der Waals surface area contributed by atoms with Crippen molar-refractivity contribution in [1.29, 1.82) is 0 Å². The Morgan fingerprint density at radius 2 is 1.63 bits per heavy atom. The zero-order chi connectivity index (χ0) is 21.5. The number of aryl methyl sites for hydroxylation is 1. The molecular formula is C23H19ClN2O4. The number of amides is 1. The summed E-state index contributed by atoms with van der Waals surface area (Å²) in [5.74, 6) is -0.00731. The number of hydrazone groups is 1. The topological polar surface area (TPSA) is 77.0 Å². The normalized spacial score (nSPS) is 10.6. The summed E-state index contributed by atoms with van der Waals surface area (Å²) in [6.45, 7) is 1.94. The molecule has 30 heavy (non-hydrogen) atoms. The molecule has 0 spiro atoms. The maximum absolute atomic E-state index is 12.4. The van der Waals surface area contributed by atoms with Crippen molar-refractivity contribution >= 4 is 29.7 Å². The summed E-state index contributed by atoms with van der Waals surface area (Å²) >= 11 is 6.05. The van der Waals surface area contributed by atoms with E-state index in [9.17, 15) is 9.59 Å². The van der Waals surface area contributed by atoms with Gasteiger partial charge in [0.25, 0.3) is 5.91 Å². The monoisotopic (exact) mass is 422 g/mol. The van der Waals surface area contributed by atoms with Crippen molar-refractivity contribution in [3.05, 3.63) is 94.0 Å². The van der Waals surface area contributed by atoms with Crippen molar-refractivity contribution in [1.82, 2.24) is 5.43 Å². The maximum atomic E-state index is 12.4. The van der Waals surface area contributed by atoms with Gasteiger partial charge in [-0.15, -0.1) is 0 Å². The lowest BCUT2D eigenvalue weighted by Crippen LogP contribution is -2.17. The number of hydrogen-bond acceptors (Lipinski definition) is 5. The second-order valence-corrected chi connectivity index (χ2v) is 6.80. The third-order valence-electron chi connectivity index (χ3n) is 4.18. The van der Waals surface area contributed by atoms with Crippen LogP contribution in [-0.2, 0) is 0 Å². The molecule has 0 atom stereocenters. The standard InChI is InChI=1S/C23H19ClN2O4/c1-15-3-5-16(6-4-15)22(27)26-25-14-18-13-19(24)9-12-21(18)30-23(28)17-7-10-20(29-2)11-8-17/h3-14H,1-2H3,(H,26,27)/b25-14+. The number of carbonyl (C=O) groups excluding carboxylic acids is 2. The van der Waals surface area contributed by atoms with Gasteiger partial charge in [-0.25, -0.2) is 10.2 Å². The molecule has 0 unspecified atom stereocenters. The quantitative estimate of drug-likeness (QED) is 0.272. The molecule has 0 aliphatic carbocycles. The first kappa shape index (κ1) is 21.1. The van der Waals surface area contributed by atoms with Crippen LogP contribution in [0.15, 0.2) is 71.8 Å². The van der Waals surface area contributed by atoms with Crippen molar-refractivity contribution in [2.75, 3.05) is 7.11 Å². The van der Waals surface area contributed by atoms with Crippen molar-refractivity contribution in [2.24, 2.45) is 5.10 Å². The molecular weight excluding hydrogens is 404 g/mol. The molecule has 0 saturated heterocycles. The predicted molar refractivity (Wildman–Crippen MR) is 116 cm³/mol. The number of ether oxygens (including phenoxy) is 2. The number of hydrogen-bond donors (Lipinski definition) is 1. The molecule has 3 aromatic rings. The lowest BCUT2D eigenvalue weighted by atomic mass is 10.1. The van der Waals surface area contributed by atoms with Crippen LogP contribution in [0.2, 0.25) is 5.02 Å². The highest BCUT2D eigenvalue weighted by Crippen LogP contribution is 2.23. The van der Waals surface area contributed by atoms with Gasteiger partial charge in [-0.2, -0.15) is 5.10 Å². The fraction of sp³-hybridized carbons (Fsp3) is 0.0870. The number of methoxy groups -OCH3 is 1. The van der Waals surface area contributed by atoms with Crippen LogP contribution in [0.25, 0.3) is 0 Å². The molecule has 7 heteroatoms. The average molecular weight is 423 g/mol. The Hall–Kier alpha value is -3.64. The summed E-state index contributed by atoms with van der Waals surface area (Å²) in [5, 5.41) is 4.39. The molecule has 152 valence electrons. The Labute approximate surface area is 179 Å². The second kappa shape index (κ2) is 9.71. The summed E-state index contributed by atoms with van der Waals surface area (Å²) < 4.78 is 10.6. The lowest BCUT2D eigenvalue weighted by molar-refractivity contribution is 0.0734. The van der Waals surface area contributed by atoms with E-state index in [1.54, 1.807) is 61.7 Å². The Kier molecular flexibility index (Phi) is 6.83. The van der Waals surface area contributed by atoms with Gasteiger partial charge in [0.1, 0.15) is 11.5 Å². The molecule has 0 radical (unpaired) electrons. The highest BCUT2D eigenvalue weighted by Gasteiger charge is 2.12. The molecule has 3 aromatic carbocycles. The summed E-state index contributed by atoms with van der Waals surface area (Å²) in [5.41, 5.74) is 4.78. The van der Waals surface area contributed by atoms with Gasteiger partial charge in [0, 0.05) is 16.1 Å². The summed E-state index contributed by atoms with van der Waals surface area (Å²) in [6.07, 6.45) is 1.37. The zero-order valence-corrected chi connectivity index (χ0v) is 17.1. The molecule has 0 aromatic heterocycles. The Bertz CT molecular complexity index is 1080. The minimum atomic E-state index is -0.543. The van der Waals surface area contributed by atoms with Gasteiger partial charge in [-0.05, 0) is 61.5 Å². The number of rotatable bonds is 6. The first-order valence-corrected chi connectivity index (χ1v) is 9.40. The van der Waals surface area contributed by atoms with Crippen molar-refractivity contribution in [2.45, 2.75) is 6.92 Å². The van der Waals surface area contributed by atoms with E-state index in [4.69, 9.17) is 21.1 Å². The number of esters is 1. The second-order valence-electron chi connectivity index (χ2n) is 6.37. The van der Waals surface area contributed by atoms with Gasteiger partial charge in [-0.1, -0.05) is 29.3 Å². The van der Waals surface area contributed by atoms with E-state index in [0.29, 0.717) is 27.5 Å². The van der Waals surface area contributed by atoms with Crippen LogP contribution in [-0.4, -0.2) is 25.2 Å². The summed E-state index contributed by atoms with van der Waals surface area (Å²) in [6, 6.07) is 18.4. The summed E-state index contributed by atoms with van der Waals surface area (Å²) in [7, 11) is 1.55. The van der Waals surface area contributed by atoms with Gasteiger partial charge >= 0.3 is 5.97 Å². The number of carbonyl (C=O) groups is 2. The van der Waals surface area contributed by atoms with Crippen LogP contribution in [0.5, 0.6) is 11.5 Å². The van der Waals surface area contributed by atoms with Crippen molar-refractivity contribution in [3.8, 4) is 11.5 Å². The molecule has 0 aliphatic heterocycles. The summed E-state index contributed by atoms with van der Waals surface area (Å²) in [4.78, 5) is 24.6. The molecule has 0 aliphatic rings. The lowest BCUT2D eigenvalue weighted by Gasteiger charge is -2.08. The minimum Gasteiger partial charge on any atom is -0.497 e. The minimum absolute atomic E-state index is 0.258. The van der Waals surface area contributed by atoms with E-state index in [0.717, 1.165) is 5.56 Å². The number of nitrogens with zero attached hydrogens (tertiary/aromatic N) is 1. The fourth-order valence-corrected chi connectivity index (χ4v) is 2.71. The van der Waals surface area contributed by atoms with Crippen LogP contribution in [0.1, 0.15) is 31.8 Å². The number of nitrogens with one attached hydrogen (secondary N) is 1. The molecule has 0 heterocycles. The van der Waals surface area contributed by atoms with Crippen molar-refractivity contribution < 1.29 is 19.1 Å². The number of halogens is 1. The van der Waals surface area contributed by atoms with Crippen molar-refractivity contribution in [3.63, 3.8) is 0 Å². The fourth-order valence-electron chi connectivity index (χ4n) is 2.53. The number of benzene rings is 3. The largest absolute Gasteiger partial charge is 0.497 e. The molecule has 1 amide bonds. The van der Waals surface area contributed by atoms with E-state index in [1.165, 1.54) is 6.21 Å². The van der Waals surface area contributed by atoms with E-state index < -0.39 is 5.97 Å². The maximum Gasteiger partial charge on any atom is 0.343 e. The Balaban J connectivity index is 1.72. The smallest absolute Gasteiger partial charge is 0.343 e. The SMILES string of the molecule is COc1ccc(C(=O)Oc2ccc(Cl)cc2/C=N/NC(=O)c2ccc(C)cc2)cc1.